The van der Waals surface area contributed by atoms with Crippen LogP contribution in [0, 0.1) is 0 Å². The van der Waals surface area contributed by atoms with Crippen LogP contribution < -0.4 is 4.90 Å². The van der Waals surface area contributed by atoms with Gasteiger partial charge in [-0.05, 0) is 50.3 Å². The van der Waals surface area contributed by atoms with Gasteiger partial charge < -0.3 is 9.80 Å². The third-order valence-corrected chi connectivity index (χ3v) is 3.93. The lowest BCUT2D eigenvalue weighted by Gasteiger charge is -2.33. The molecule has 0 amide bonds. The van der Waals surface area contributed by atoms with Crippen LogP contribution in [-0.4, -0.2) is 32.1 Å². The average Bonchev–Trinajstić information content (AvgIpc) is 2.46. The molecule has 0 spiro atoms. The molecule has 1 aliphatic heterocycles. The van der Waals surface area contributed by atoms with Crippen LogP contribution in [-0.2, 0) is 6.42 Å². The fourth-order valence-corrected chi connectivity index (χ4v) is 2.97. The normalized spacial score (nSPS) is 12.6. The largest absolute Gasteiger partial charge is 0.341 e. The van der Waals surface area contributed by atoms with E-state index >= 15 is 0 Å². The summed E-state index contributed by atoms with van der Waals surface area (Å²) in [5.74, 6) is 0. The number of hydrogen-bond acceptors (Lipinski definition) is 2. The van der Waals surface area contributed by atoms with Crippen LogP contribution in [0.3, 0.4) is 0 Å². The highest BCUT2D eigenvalue weighted by Crippen LogP contribution is 2.38. The van der Waals surface area contributed by atoms with Crippen LogP contribution in [0.25, 0.3) is 0 Å². The lowest BCUT2D eigenvalue weighted by molar-refractivity contribution is 0.402. The molecule has 1 heterocycles. The summed E-state index contributed by atoms with van der Waals surface area (Å²) in [6, 6.07) is 17.6. The number of halogens is 1. The highest BCUT2D eigenvalue weighted by atomic mass is 35.5. The van der Waals surface area contributed by atoms with E-state index in [1.807, 2.05) is 0 Å². The van der Waals surface area contributed by atoms with Gasteiger partial charge in [-0.25, -0.2) is 0 Å². The molecule has 0 N–H and O–H groups in total. The van der Waals surface area contributed by atoms with E-state index in [9.17, 15) is 0 Å². The second kappa shape index (κ2) is 6.97. The van der Waals surface area contributed by atoms with E-state index in [-0.39, 0.29) is 12.4 Å². The van der Waals surface area contributed by atoms with Gasteiger partial charge in [0, 0.05) is 24.3 Å². The Morgan fingerprint density at radius 1 is 0.905 bits per heavy atom. The van der Waals surface area contributed by atoms with Crippen LogP contribution >= 0.6 is 12.4 Å². The summed E-state index contributed by atoms with van der Waals surface area (Å²) < 4.78 is 0. The lowest BCUT2D eigenvalue weighted by atomic mass is 9.95. The first-order valence-corrected chi connectivity index (χ1v) is 7.34. The van der Waals surface area contributed by atoms with E-state index in [1.165, 1.54) is 28.9 Å². The summed E-state index contributed by atoms with van der Waals surface area (Å²) in [5, 5.41) is 0. The van der Waals surface area contributed by atoms with Gasteiger partial charge in [-0.1, -0.05) is 36.4 Å². The number of hydrogen-bond donors (Lipinski definition) is 0. The Hall–Kier alpha value is -1.51. The summed E-state index contributed by atoms with van der Waals surface area (Å²) >= 11 is 0. The predicted molar refractivity (Wildman–Crippen MR) is 93.1 cm³/mol. The van der Waals surface area contributed by atoms with Crippen molar-refractivity contribution < 1.29 is 0 Å². The van der Waals surface area contributed by atoms with Crippen LogP contribution in [0.5, 0.6) is 0 Å². The molecular weight excluding hydrogens is 280 g/mol. The van der Waals surface area contributed by atoms with Crippen LogP contribution in [0.2, 0.25) is 0 Å². The number of anilines is 2. The van der Waals surface area contributed by atoms with Crippen molar-refractivity contribution in [2.24, 2.45) is 0 Å². The molecule has 21 heavy (non-hydrogen) atoms. The molecule has 0 fully saturated rings. The molecule has 0 aromatic heterocycles. The van der Waals surface area contributed by atoms with Gasteiger partial charge >= 0.3 is 0 Å². The third kappa shape index (κ3) is 3.39. The first-order chi connectivity index (χ1) is 9.75. The maximum Gasteiger partial charge on any atom is 0.0446 e. The molecule has 2 nitrogen and oxygen atoms in total. The molecule has 0 atom stereocenters. The molecule has 3 heteroatoms. The van der Waals surface area contributed by atoms with Crippen molar-refractivity contribution in [3.63, 3.8) is 0 Å². The Balaban J connectivity index is 0.00000161. The van der Waals surface area contributed by atoms with Crippen LogP contribution in [0.15, 0.2) is 48.5 Å². The van der Waals surface area contributed by atoms with Gasteiger partial charge in [0.25, 0.3) is 0 Å². The van der Waals surface area contributed by atoms with E-state index in [0.29, 0.717) is 0 Å². The van der Waals surface area contributed by atoms with E-state index < -0.39 is 0 Å². The monoisotopic (exact) mass is 302 g/mol. The first kappa shape index (κ1) is 15.9. The van der Waals surface area contributed by atoms with Gasteiger partial charge in [-0.2, -0.15) is 0 Å². The molecule has 0 saturated heterocycles. The summed E-state index contributed by atoms with van der Waals surface area (Å²) in [7, 11) is 4.27. The Labute approximate surface area is 133 Å². The molecule has 0 radical (unpaired) electrons. The van der Waals surface area contributed by atoms with Crippen LogP contribution in [0.4, 0.5) is 11.4 Å². The van der Waals surface area contributed by atoms with Gasteiger partial charge in [0.05, 0.1) is 0 Å². The van der Waals surface area contributed by atoms with E-state index in [0.717, 1.165) is 19.5 Å². The minimum atomic E-state index is 0. The molecular formula is C18H23ClN2. The zero-order chi connectivity index (χ0) is 13.9. The Morgan fingerprint density at radius 3 is 1.95 bits per heavy atom. The van der Waals surface area contributed by atoms with Gasteiger partial charge in [-0.15, -0.1) is 12.4 Å². The molecule has 112 valence electrons. The molecule has 2 aromatic rings. The Morgan fingerprint density at radius 2 is 1.43 bits per heavy atom. The summed E-state index contributed by atoms with van der Waals surface area (Å²) in [5.41, 5.74) is 5.64. The molecule has 2 aromatic carbocycles. The zero-order valence-electron chi connectivity index (χ0n) is 12.7. The van der Waals surface area contributed by atoms with Crippen molar-refractivity contribution in [1.82, 2.24) is 4.90 Å². The minimum absolute atomic E-state index is 0. The van der Waals surface area contributed by atoms with E-state index in [1.54, 1.807) is 0 Å². The fraction of sp³-hybridized carbons (Fsp3) is 0.333. The minimum Gasteiger partial charge on any atom is -0.341 e. The van der Waals surface area contributed by atoms with E-state index in [2.05, 4.69) is 72.4 Å². The maximum atomic E-state index is 2.48. The average molecular weight is 303 g/mol. The highest BCUT2D eigenvalue weighted by molar-refractivity contribution is 5.85. The number of fused-ring (bicyclic) bond motifs is 2. The molecule has 0 aliphatic carbocycles. The number of para-hydroxylation sites is 2. The molecule has 3 rings (SSSR count). The van der Waals surface area contributed by atoms with Gasteiger partial charge in [0.15, 0.2) is 0 Å². The van der Waals surface area contributed by atoms with Crippen molar-refractivity contribution in [3.8, 4) is 0 Å². The predicted octanol–water partition coefficient (Wildman–Crippen LogP) is 4.10. The second-order valence-electron chi connectivity index (χ2n) is 5.74. The Bertz CT molecular complexity index is 550. The van der Waals surface area contributed by atoms with Crippen molar-refractivity contribution in [1.29, 1.82) is 0 Å². The van der Waals surface area contributed by atoms with Crippen molar-refractivity contribution >= 4 is 23.8 Å². The number of nitrogens with zero attached hydrogens (tertiary/aromatic N) is 2. The lowest BCUT2D eigenvalue weighted by Crippen LogP contribution is -2.27. The summed E-state index contributed by atoms with van der Waals surface area (Å²) in [4.78, 5) is 4.74. The molecule has 1 aliphatic rings. The first-order valence-electron chi connectivity index (χ1n) is 7.34. The second-order valence-corrected chi connectivity index (χ2v) is 5.74. The smallest absolute Gasteiger partial charge is 0.0446 e. The van der Waals surface area contributed by atoms with Gasteiger partial charge in [-0.3, -0.25) is 0 Å². The van der Waals surface area contributed by atoms with Crippen molar-refractivity contribution in [3.05, 3.63) is 59.7 Å². The Kier molecular flexibility index (Phi) is 5.27. The fourth-order valence-electron chi connectivity index (χ4n) is 2.97. The topological polar surface area (TPSA) is 6.48 Å². The quantitative estimate of drug-likeness (QED) is 0.839. The third-order valence-electron chi connectivity index (χ3n) is 3.93. The van der Waals surface area contributed by atoms with Gasteiger partial charge in [0.1, 0.15) is 0 Å². The number of rotatable bonds is 4. The van der Waals surface area contributed by atoms with Crippen molar-refractivity contribution in [2.75, 3.05) is 32.1 Å². The molecule has 0 bridgehead atoms. The molecule has 0 saturated carbocycles. The summed E-state index contributed by atoms with van der Waals surface area (Å²) in [6.45, 7) is 2.20. The zero-order valence-corrected chi connectivity index (χ0v) is 13.6. The maximum absolute atomic E-state index is 2.48. The standard InChI is InChI=1S/C18H22N2.ClH/c1-19(2)12-7-13-20-17-10-5-3-8-15(17)14-16-9-4-6-11-18(16)20;/h3-6,8-11H,7,12-14H2,1-2H3;1H. The summed E-state index contributed by atoms with van der Waals surface area (Å²) in [6.07, 6.45) is 2.23. The van der Waals surface area contributed by atoms with Crippen LogP contribution in [0.1, 0.15) is 17.5 Å². The number of benzene rings is 2. The molecule has 0 unspecified atom stereocenters. The highest BCUT2D eigenvalue weighted by Gasteiger charge is 2.21. The van der Waals surface area contributed by atoms with Gasteiger partial charge in [0.2, 0.25) is 0 Å². The SMILES string of the molecule is CN(C)CCCN1c2ccccc2Cc2ccccc21.Cl. The van der Waals surface area contributed by atoms with Crippen molar-refractivity contribution in [2.45, 2.75) is 12.8 Å². The van der Waals surface area contributed by atoms with E-state index in [4.69, 9.17) is 0 Å².